The maximum atomic E-state index is 12.4. The molecule has 1 aliphatic carbocycles. The highest BCUT2D eigenvalue weighted by molar-refractivity contribution is 4.98. The Bertz CT molecular complexity index is 150. The second-order valence-corrected chi connectivity index (χ2v) is 3.79. The molecule has 0 aromatic carbocycles. The van der Waals surface area contributed by atoms with Crippen LogP contribution in [0.25, 0.3) is 0 Å². The van der Waals surface area contributed by atoms with Crippen molar-refractivity contribution >= 4 is 0 Å². The van der Waals surface area contributed by atoms with Crippen molar-refractivity contribution < 1.29 is 8.78 Å². The minimum absolute atomic E-state index is 0.583. The summed E-state index contributed by atoms with van der Waals surface area (Å²) < 4.78 is 24.7. The van der Waals surface area contributed by atoms with Gasteiger partial charge in [-0.25, -0.2) is 8.78 Å². The molecule has 0 N–H and O–H groups in total. The first-order valence-corrected chi connectivity index (χ1v) is 4.23. The van der Waals surface area contributed by atoms with Crippen LogP contribution in [-0.2, 0) is 0 Å². The first-order chi connectivity index (χ1) is 5.23. The molecule has 0 atom stereocenters. The predicted molar refractivity (Wildman–Crippen MR) is 38.7 cm³/mol. The monoisotopic (exact) mass is 161 g/mol. The fourth-order valence-corrected chi connectivity index (χ4v) is 1.59. The first-order valence-electron chi connectivity index (χ1n) is 4.23. The number of hydrogen-bond donors (Lipinski definition) is 0. The van der Waals surface area contributed by atoms with Gasteiger partial charge in [0.15, 0.2) is 0 Å². The maximum absolute atomic E-state index is 12.4. The van der Waals surface area contributed by atoms with Crippen molar-refractivity contribution in [3.63, 3.8) is 0 Å². The van der Waals surface area contributed by atoms with Crippen LogP contribution in [0.1, 0.15) is 19.3 Å². The van der Waals surface area contributed by atoms with Crippen molar-refractivity contribution in [3.8, 4) is 0 Å². The third-order valence-electron chi connectivity index (χ3n) is 2.84. The van der Waals surface area contributed by atoms with Crippen LogP contribution in [0.3, 0.4) is 0 Å². The van der Waals surface area contributed by atoms with E-state index in [0.29, 0.717) is 6.54 Å². The van der Waals surface area contributed by atoms with Crippen LogP contribution in [0.5, 0.6) is 0 Å². The lowest BCUT2D eigenvalue weighted by molar-refractivity contribution is 0.0219. The van der Waals surface area contributed by atoms with E-state index in [2.05, 4.69) is 4.90 Å². The van der Waals surface area contributed by atoms with Gasteiger partial charge in [-0.1, -0.05) is 0 Å². The normalized spacial score (nSPS) is 28.6. The van der Waals surface area contributed by atoms with Gasteiger partial charge in [0.25, 0.3) is 0 Å². The minimum Gasteiger partial charge on any atom is -0.302 e. The molecule has 1 nitrogen and oxygen atoms in total. The minimum atomic E-state index is -2.09. The number of halogens is 2. The fourth-order valence-electron chi connectivity index (χ4n) is 1.59. The SMILES string of the molecule is FC(F)C1(CN2CCC2)CC1. The number of alkyl halides is 2. The zero-order valence-corrected chi connectivity index (χ0v) is 6.52. The molecule has 1 heterocycles. The molecule has 2 rings (SSSR count). The van der Waals surface area contributed by atoms with Crippen LogP contribution >= 0.6 is 0 Å². The summed E-state index contributed by atoms with van der Waals surface area (Å²) in [4.78, 5) is 2.14. The summed E-state index contributed by atoms with van der Waals surface area (Å²) in [6.45, 7) is 2.72. The Morgan fingerprint density at radius 2 is 1.91 bits per heavy atom. The van der Waals surface area contributed by atoms with Gasteiger partial charge in [-0.05, 0) is 32.4 Å². The topological polar surface area (TPSA) is 3.24 Å². The average Bonchev–Trinajstić information content (AvgIpc) is 2.59. The molecule has 2 fully saturated rings. The number of nitrogens with zero attached hydrogens (tertiary/aromatic N) is 1. The van der Waals surface area contributed by atoms with Gasteiger partial charge in [0, 0.05) is 12.0 Å². The summed E-state index contributed by atoms with van der Waals surface area (Å²) in [6.07, 6.45) is 0.574. The number of rotatable bonds is 3. The van der Waals surface area contributed by atoms with Gasteiger partial charge in [0.2, 0.25) is 6.43 Å². The molecule has 0 radical (unpaired) electrons. The summed E-state index contributed by atoms with van der Waals surface area (Å²) >= 11 is 0. The van der Waals surface area contributed by atoms with E-state index in [9.17, 15) is 8.78 Å². The fraction of sp³-hybridized carbons (Fsp3) is 1.00. The van der Waals surface area contributed by atoms with Crippen molar-refractivity contribution in [2.24, 2.45) is 5.41 Å². The van der Waals surface area contributed by atoms with E-state index >= 15 is 0 Å². The molecule has 64 valence electrons. The van der Waals surface area contributed by atoms with Crippen LogP contribution in [0.4, 0.5) is 8.78 Å². The molecular weight excluding hydrogens is 148 g/mol. The Balaban J connectivity index is 1.83. The standard InChI is InChI=1S/C8H13F2N/c9-7(10)8(2-3-8)6-11-4-1-5-11/h7H,1-6H2. The molecule has 0 bridgehead atoms. The highest BCUT2D eigenvalue weighted by atomic mass is 19.3. The van der Waals surface area contributed by atoms with Gasteiger partial charge in [-0.3, -0.25) is 0 Å². The Kier molecular flexibility index (Phi) is 1.63. The van der Waals surface area contributed by atoms with Gasteiger partial charge < -0.3 is 4.90 Å². The molecule has 1 saturated heterocycles. The third-order valence-corrected chi connectivity index (χ3v) is 2.84. The van der Waals surface area contributed by atoms with E-state index in [0.717, 1.165) is 25.9 Å². The molecular formula is C8H13F2N. The Labute approximate surface area is 65.4 Å². The summed E-state index contributed by atoms with van der Waals surface area (Å²) in [5.41, 5.74) is -0.583. The van der Waals surface area contributed by atoms with Crippen LogP contribution in [-0.4, -0.2) is 31.0 Å². The maximum Gasteiger partial charge on any atom is 0.245 e. The van der Waals surface area contributed by atoms with E-state index < -0.39 is 11.8 Å². The third kappa shape index (κ3) is 1.26. The molecule has 2 aliphatic rings. The van der Waals surface area contributed by atoms with Crippen LogP contribution < -0.4 is 0 Å². The molecule has 11 heavy (non-hydrogen) atoms. The number of hydrogen-bond acceptors (Lipinski definition) is 1. The predicted octanol–water partition coefficient (Wildman–Crippen LogP) is 1.74. The van der Waals surface area contributed by atoms with E-state index in [-0.39, 0.29) is 0 Å². The smallest absolute Gasteiger partial charge is 0.245 e. The summed E-state index contributed by atoms with van der Waals surface area (Å²) in [6, 6.07) is 0. The molecule has 0 spiro atoms. The van der Waals surface area contributed by atoms with Crippen LogP contribution in [0.15, 0.2) is 0 Å². The second-order valence-electron chi connectivity index (χ2n) is 3.79. The zero-order chi connectivity index (χ0) is 7.90. The van der Waals surface area contributed by atoms with Crippen molar-refractivity contribution in [3.05, 3.63) is 0 Å². The summed E-state index contributed by atoms with van der Waals surface area (Å²) in [7, 11) is 0. The van der Waals surface area contributed by atoms with E-state index in [1.165, 1.54) is 6.42 Å². The Morgan fingerprint density at radius 1 is 1.27 bits per heavy atom. The van der Waals surface area contributed by atoms with Gasteiger partial charge in [-0.15, -0.1) is 0 Å². The molecule has 0 aromatic rings. The second kappa shape index (κ2) is 2.41. The van der Waals surface area contributed by atoms with Crippen LogP contribution in [0.2, 0.25) is 0 Å². The highest BCUT2D eigenvalue weighted by Gasteiger charge is 2.52. The van der Waals surface area contributed by atoms with E-state index in [1.807, 2.05) is 0 Å². The lowest BCUT2D eigenvalue weighted by atomic mass is 10.1. The zero-order valence-electron chi connectivity index (χ0n) is 6.52. The molecule has 0 amide bonds. The van der Waals surface area contributed by atoms with Crippen molar-refractivity contribution in [1.29, 1.82) is 0 Å². The van der Waals surface area contributed by atoms with Gasteiger partial charge in [0.1, 0.15) is 0 Å². The number of likely N-dealkylation sites (tertiary alicyclic amines) is 1. The lowest BCUT2D eigenvalue weighted by Crippen LogP contribution is -2.42. The highest BCUT2D eigenvalue weighted by Crippen LogP contribution is 2.51. The molecule has 1 saturated carbocycles. The Hall–Kier alpha value is -0.180. The van der Waals surface area contributed by atoms with Crippen molar-refractivity contribution in [2.75, 3.05) is 19.6 Å². The molecule has 1 aliphatic heterocycles. The lowest BCUT2D eigenvalue weighted by Gasteiger charge is -2.34. The molecule has 0 aromatic heterocycles. The molecule has 0 unspecified atom stereocenters. The average molecular weight is 161 g/mol. The first kappa shape index (κ1) is 7.47. The summed E-state index contributed by atoms with van der Waals surface area (Å²) in [5, 5.41) is 0. The van der Waals surface area contributed by atoms with Crippen molar-refractivity contribution in [1.82, 2.24) is 4.90 Å². The summed E-state index contributed by atoms with van der Waals surface area (Å²) in [5.74, 6) is 0. The van der Waals surface area contributed by atoms with Crippen LogP contribution in [0, 0.1) is 5.41 Å². The quantitative estimate of drug-likeness (QED) is 0.609. The van der Waals surface area contributed by atoms with Crippen molar-refractivity contribution in [2.45, 2.75) is 25.7 Å². The largest absolute Gasteiger partial charge is 0.302 e. The van der Waals surface area contributed by atoms with E-state index in [1.54, 1.807) is 0 Å². The molecule has 3 heteroatoms. The van der Waals surface area contributed by atoms with Gasteiger partial charge >= 0.3 is 0 Å². The van der Waals surface area contributed by atoms with E-state index in [4.69, 9.17) is 0 Å². The Morgan fingerprint density at radius 3 is 2.18 bits per heavy atom. The van der Waals surface area contributed by atoms with Gasteiger partial charge in [0.05, 0.1) is 0 Å². The van der Waals surface area contributed by atoms with Gasteiger partial charge in [-0.2, -0.15) is 0 Å².